The maximum Gasteiger partial charge on any atom is 0.293 e. The fourth-order valence-corrected chi connectivity index (χ4v) is 3.84. The van der Waals surface area contributed by atoms with Crippen molar-refractivity contribution in [1.29, 1.82) is 0 Å². The molecule has 0 radical (unpaired) electrons. The van der Waals surface area contributed by atoms with E-state index in [1.54, 1.807) is 0 Å². The topological polar surface area (TPSA) is 26.3 Å². The van der Waals surface area contributed by atoms with Gasteiger partial charge in [0.05, 0.1) is 0 Å². The van der Waals surface area contributed by atoms with E-state index in [-0.39, 0.29) is 16.4 Å². The standard InChI is InChI=1S/C18H26O2/c1-14(15-9-7-6-8-10-15)18(11-16(2,3)4)12-17(18,5)20-13-19/h6-10,13-14H,11-12H2,1-5H3. The van der Waals surface area contributed by atoms with Gasteiger partial charge in [0.2, 0.25) is 0 Å². The van der Waals surface area contributed by atoms with E-state index >= 15 is 0 Å². The molecule has 2 nitrogen and oxygen atoms in total. The molecule has 1 aromatic carbocycles. The van der Waals surface area contributed by atoms with Crippen LogP contribution < -0.4 is 0 Å². The zero-order chi connectivity index (χ0) is 15.0. The summed E-state index contributed by atoms with van der Waals surface area (Å²) in [7, 11) is 0. The number of hydrogen-bond acceptors (Lipinski definition) is 2. The number of rotatable bonds is 5. The number of carbonyl (C=O) groups is 1. The predicted octanol–water partition coefficient (Wildman–Crippen LogP) is 4.55. The van der Waals surface area contributed by atoms with Crippen molar-refractivity contribution in [3.05, 3.63) is 35.9 Å². The van der Waals surface area contributed by atoms with Gasteiger partial charge in [0.25, 0.3) is 6.47 Å². The van der Waals surface area contributed by atoms with Gasteiger partial charge in [-0.15, -0.1) is 0 Å². The number of benzene rings is 1. The summed E-state index contributed by atoms with van der Waals surface area (Å²) >= 11 is 0. The molecule has 110 valence electrons. The Hall–Kier alpha value is -1.31. The van der Waals surface area contributed by atoms with Crippen LogP contribution in [0.1, 0.15) is 58.9 Å². The summed E-state index contributed by atoms with van der Waals surface area (Å²) in [5, 5.41) is 0. The van der Waals surface area contributed by atoms with Crippen molar-refractivity contribution in [2.75, 3.05) is 0 Å². The second kappa shape index (κ2) is 4.91. The molecular weight excluding hydrogens is 248 g/mol. The highest BCUT2D eigenvalue weighted by atomic mass is 16.5. The summed E-state index contributed by atoms with van der Waals surface area (Å²) in [6.07, 6.45) is 2.01. The van der Waals surface area contributed by atoms with Crippen LogP contribution in [0, 0.1) is 10.8 Å². The summed E-state index contributed by atoms with van der Waals surface area (Å²) in [5.41, 5.74) is 1.27. The molecule has 0 saturated heterocycles. The van der Waals surface area contributed by atoms with Crippen LogP contribution in [0.15, 0.2) is 30.3 Å². The van der Waals surface area contributed by atoms with Gasteiger partial charge >= 0.3 is 0 Å². The average molecular weight is 274 g/mol. The van der Waals surface area contributed by atoms with Gasteiger partial charge in [0.15, 0.2) is 0 Å². The van der Waals surface area contributed by atoms with Crippen LogP contribution in [0.4, 0.5) is 0 Å². The van der Waals surface area contributed by atoms with Crippen molar-refractivity contribution in [2.45, 2.75) is 59.0 Å². The molecule has 1 aliphatic rings. The van der Waals surface area contributed by atoms with Gasteiger partial charge in [-0.25, -0.2) is 0 Å². The Morgan fingerprint density at radius 3 is 2.40 bits per heavy atom. The highest BCUT2D eigenvalue weighted by Crippen LogP contribution is 2.69. The van der Waals surface area contributed by atoms with Gasteiger partial charge in [-0.2, -0.15) is 0 Å². The van der Waals surface area contributed by atoms with Crippen molar-refractivity contribution in [3.63, 3.8) is 0 Å². The highest BCUT2D eigenvalue weighted by molar-refractivity contribution is 5.42. The van der Waals surface area contributed by atoms with Gasteiger partial charge in [-0.3, -0.25) is 4.79 Å². The molecule has 2 rings (SSSR count). The minimum absolute atomic E-state index is 0.0491. The van der Waals surface area contributed by atoms with Gasteiger partial charge < -0.3 is 4.74 Å². The lowest BCUT2D eigenvalue weighted by molar-refractivity contribution is -0.137. The molecule has 0 N–H and O–H groups in total. The quantitative estimate of drug-likeness (QED) is 0.736. The molecular formula is C18H26O2. The normalized spacial score (nSPS) is 30.6. The molecule has 1 fully saturated rings. The third-order valence-corrected chi connectivity index (χ3v) is 4.86. The minimum atomic E-state index is -0.322. The first-order chi connectivity index (χ1) is 9.24. The molecule has 0 spiro atoms. The van der Waals surface area contributed by atoms with E-state index in [4.69, 9.17) is 4.74 Å². The second-order valence-electron chi connectivity index (χ2n) is 7.65. The Morgan fingerprint density at radius 1 is 1.30 bits per heavy atom. The summed E-state index contributed by atoms with van der Waals surface area (Å²) < 4.78 is 5.46. The Balaban J connectivity index is 2.32. The Labute approximate surface area is 122 Å². The van der Waals surface area contributed by atoms with Crippen molar-refractivity contribution in [2.24, 2.45) is 10.8 Å². The molecule has 0 heterocycles. The summed E-state index contributed by atoms with van der Waals surface area (Å²) in [5.74, 6) is 0.382. The number of hydrogen-bond donors (Lipinski definition) is 0. The van der Waals surface area contributed by atoms with E-state index in [1.807, 2.05) is 6.07 Å². The second-order valence-corrected chi connectivity index (χ2v) is 7.65. The Kier molecular flexibility index (Phi) is 3.70. The zero-order valence-corrected chi connectivity index (χ0v) is 13.3. The maximum atomic E-state index is 10.9. The largest absolute Gasteiger partial charge is 0.461 e. The van der Waals surface area contributed by atoms with E-state index in [2.05, 4.69) is 58.9 Å². The molecule has 20 heavy (non-hydrogen) atoms. The van der Waals surface area contributed by atoms with E-state index in [1.165, 1.54) is 5.56 Å². The summed E-state index contributed by atoms with van der Waals surface area (Å²) in [6.45, 7) is 11.7. The van der Waals surface area contributed by atoms with E-state index in [0.717, 1.165) is 12.8 Å². The van der Waals surface area contributed by atoms with Gasteiger partial charge in [0, 0.05) is 5.41 Å². The van der Waals surface area contributed by atoms with E-state index < -0.39 is 0 Å². The summed E-state index contributed by atoms with van der Waals surface area (Å²) in [4.78, 5) is 10.9. The molecule has 1 saturated carbocycles. The van der Waals surface area contributed by atoms with Crippen molar-refractivity contribution in [1.82, 2.24) is 0 Å². The first-order valence-electron chi connectivity index (χ1n) is 7.41. The monoisotopic (exact) mass is 274 g/mol. The van der Waals surface area contributed by atoms with Gasteiger partial charge in [0.1, 0.15) is 5.60 Å². The van der Waals surface area contributed by atoms with Crippen LogP contribution >= 0.6 is 0 Å². The van der Waals surface area contributed by atoms with Crippen molar-refractivity contribution < 1.29 is 9.53 Å². The maximum absolute atomic E-state index is 10.9. The smallest absolute Gasteiger partial charge is 0.293 e. The third kappa shape index (κ3) is 2.61. The molecule has 3 atom stereocenters. The molecule has 2 heteroatoms. The summed E-state index contributed by atoms with van der Waals surface area (Å²) in [6, 6.07) is 10.6. The first kappa shape index (κ1) is 15.1. The lowest BCUT2D eigenvalue weighted by atomic mass is 9.72. The highest BCUT2D eigenvalue weighted by Gasteiger charge is 2.69. The van der Waals surface area contributed by atoms with Crippen LogP contribution in [0.25, 0.3) is 0 Å². The van der Waals surface area contributed by atoms with Crippen molar-refractivity contribution >= 4 is 6.47 Å². The van der Waals surface area contributed by atoms with Crippen molar-refractivity contribution in [3.8, 4) is 0 Å². The molecule has 3 unspecified atom stereocenters. The SMILES string of the molecule is CC(c1ccccc1)C1(CC(C)(C)C)CC1(C)OC=O. The lowest BCUT2D eigenvalue weighted by Gasteiger charge is -2.34. The first-order valence-corrected chi connectivity index (χ1v) is 7.41. The van der Waals surface area contributed by atoms with Crippen LogP contribution in [0.2, 0.25) is 0 Å². The average Bonchev–Trinajstić information content (AvgIpc) is 2.93. The van der Waals surface area contributed by atoms with Crippen LogP contribution in [0.3, 0.4) is 0 Å². The number of carbonyl (C=O) groups excluding carboxylic acids is 1. The predicted molar refractivity (Wildman–Crippen MR) is 81.5 cm³/mol. The molecule has 1 aromatic rings. The van der Waals surface area contributed by atoms with Crippen LogP contribution in [-0.2, 0) is 9.53 Å². The minimum Gasteiger partial charge on any atom is -0.461 e. The Bertz CT molecular complexity index is 474. The molecule has 0 bridgehead atoms. The van der Waals surface area contributed by atoms with Crippen LogP contribution in [0.5, 0.6) is 0 Å². The molecule has 0 aromatic heterocycles. The molecule has 0 aliphatic heterocycles. The van der Waals surface area contributed by atoms with E-state index in [0.29, 0.717) is 12.4 Å². The molecule has 0 amide bonds. The fraction of sp³-hybridized carbons (Fsp3) is 0.611. The lowest BCUT2D eigenvalue weighted by Crippen LogP contribution is -2.29. The third-order valence-electron chi connectivity index (χ3n) is 4.86. The number of ether oxygens (including phenoxy) is 1. The Morgan fingerprint density at radius 2 is 1.90 bits per heavy atom. The van der Waals surface area contributed by atoms with E-state index in [9.17, 15) is 4.79 Å². The van der Waals surface area contributed by atoms with Crippen LogP contribution in [-0.4, -0.2) is 12.1 Å². The van der Waals surface area contributed by atoms with Gasteiger partial charge in [-0.1, -0.05) is 58.0 Å². The van der Waals surface area contributed by atoms with Gasteiger partial charge in [-0.05, 0) is 36.7 Å². The molecule has 1 aliphatic carbocycles. The fourth-order valence-electron chi connectivity index (χ4n) is 3.84. The zero-order valence-electron chi connectivity index (χ0n) is 13.3.